The molecule has 10 atom stereocenters. The molecule has 6 aliphatic carbocycles. The summed E-state index contributed by atoms with van der Waals surface area (Å²) in [5.41, 5.74) is 37.6. The van der Waals surface area contributed by atoms with Crippen molar-refractivity contribution in [3.8, 4) is 22.3 Å². The summed E-state index contributed by atoms with van der Waals surface area (Å²) in [6.07, 6.45) is 15.8. The molecule has 0 amide bonds. The van der Waals surface area contributed by atoms with E-state index >= 15 is 0 Å². The van der Waals surface area contributed by atoms with Crippen LogP contribution in [0.3, 0.4) is 0 Å². The molecule has 2 fully saturated rings. The average molecular weight is 1690 g/mol. The van der Waals surface area contributed by atoms with Crippen LogP contribution >= 0.6 is 17.0 Å². The molecule has 6 aromatic rings. The van der Waals surface area contributed by atoms with Crippen molar-refractivity contribution in [3.05, 3.63) is 248 Å². The fraction of sp³-hybridized carbons (Fsp3) is 0.537. The van der Waals surface area contributed by atoms with Crippen LogP contribution in [0, 0.1) is 68.1 Å². The first-order chi connectivity index (χ1) is 51.1. The van der Waals surface area contributed by atoms with Crippen molar-refractivity contribution in [2.75, 3.05) is 7.11 Å². The van der Waals surface area contributed by atoms with Gasteiger partial charge >= 0.3 is 37.9 Å². The third-order valence-electron chi connectivity index (χ3n) is 27.4. The number of halogens is 2. The van der Waals surface area contributed by atoms with Crippen LogP contribution in [0.4, 0.5) is 0 Å². The minimum absolute atomic E-state index is 0. The number of benzene rings is 6. The number of hydrogen-bond acceptors (Lipinski definition) is 1. The van der Waals surface area contributed by atoms with Crippen LogP contribution < -0.4 is 0 Å². The zero-order valence-electron chi connectivity index (χ0n) is 79.1. The summed E-state index contributed by atoms with van der Waals surface area (Å²) in [5.74, 6) is 4.63. The molecule has 0 spiro atoms. The van der Waals surface area contributed by atoms with Crippen molar-refractivity contribution in [2.45, 2.75) is 321 Å². The Labute approximate surface area is 720 Å². The second-order valence-electron chi connectivity index (χ2n) is 46.3. The van der Waals surface area contributed by atoms with E-state index in [0.29, 0.717) is 52.1 Å². The first kappa shape index (κ1) is 94.9. The van der Waals surface area contributed by atoms with Crippen molar-refractivity contribution < 1.29 is 25.6 Å². The first-order valence-corrected chi connectivity index (χ1v) is 55.4. The Balaban J connectivity index is 0.000000272. The van der Waals surface area contributed by atoms with Gasteiger partial charge in [-0.05, 0) is 240 Å². The van der Waals surface area contributed by atoms with Gasteiger partial charge in [-0.15, -0.1) is 0 Å². The van der Waals surface area contributed by atoms with E-state index < -0.39 is 37.0 Å². The molecule has 0 aliphatic heterocycles. The van der Waals surface area contributed by atoms with Gasteiger partial charge in [0.15, 0.2) is 0 Å². The zero-order chi connectivity index (χ0) is 83.8. The molecule has 6 aromatic carbocycles. The molecular formula is C108H154Cl2OSi2Zr. The molecule has 114 heavy (non-hydrogen) atoms. The Morgan fingerprint density at radius 1 is 0.377 bits per heavy atom. The summed E-state index contributed by atoms with van der Waals surface area (Å²) in [7, 11) is 7.79. The van der Waals surface area contributed by atoms with E-state index in [9.17, 15) is 0 Å². The standard InChI is InChI=1S/C55H82OSi.C51H66Si.2CH3.2ClH.Zr/c1-33-25-42-41(35-21-23-37(24-22-35)51(3,4)5)30-40(54(12,13)14)31-44(42)49(33)57(19,20)50-34(2)26-43-45(50)32-46(55(15,16)17)48(56-18)47(43)36-27-38(52(6,7)8)29-39(28-36)53(9,10)11;1-31-22-40(34-18-20-36(21-19-34)48(4,5)6)42-24-32(2)46(44(42)23-31)52(16,17)47-33(3)25-43-41(29-39(30-45(43)47)51(13,14)15)35-26-37(49(7,8)9)28-38(27-35)50(10,11)12;;;;;/h21-24,27-34,42-45,49-50H,25-26H2,1-20H3;18-30,46-47H,1-17H3;2*1H3;2*1H;/q;;2*-1;;;+4/p-2. The van der Waals surface area contributed by atoms with Crippen molar-refractivity contribution >= 4 is 56.5 Å². The molecule has 2 saturated carbocycles. The summed E-state index contributed by atoms with van der Waals surface area (Å²) in [5, 5.41) is 0. The van der Waals surface area contributed by atoms with Gasteiger partial charge in [0.1, 0.15) is 5.76 Å². The Kier molecular flexibility index (Phi) is 27.9. The zero-order valence-corrected chi connectivity index (χ0v) is 85.1. The average Bonchev–Trinajstić information content (AvgIpc) is 1.55. The molecule has 12 rings (SSSR count). The first-order valence-electron chi connectivity index (χ1n) is 42.8. The second kappa shape index (κ2) is 33.5. The number of rotatable bonds is 9. The Morgan fingerprint density at radius 3 is 1.12 bits per heavy atom. The normalized spacial score (nSPS) is 22.7. The van der Waals surface area contributed by atoms with Crippen LogP contribution in [0.5, 0.6) is 0 Å². The van der Waals surface area contributed by atoms with Crippen LogP contribution in [0.1, 0.15) is 316 Å². The summed E-state index contributed by atoms with van der Waals surface area (Å²) in [4.78, 5) is 0. The predicted molar refractivity (Wildman–Crippen MR) is 511 cm³/mol. The number of methoxy groups -OCH3 is 1. The Morgan fingerprint density at radius 2 is 0.737 bits per heavy atom. The maximum atomic E-state index is 6.63. The van der Waals surface area contributed by atoms with Crippen LogP contribution in [-0.2, 0) is 63.5 Å². The van der Waals surface area contributed by atoms with E-state index in [1.54, 1.807) is 16.7 Å². The van der Waals surface area contributed by atoms with Crippen LogP contribution in [0.2, 0.25) is 37.3 Å². The predicted octanol–water partition coefficient (Wildman–Crippen LogP) is 33.3. The van der Waals surface area contributed by atoms with Crippen molar-refractivity contribution in [1.29, 1.82) is 0 Å². The van der Waals surface area contributed by atoms with Gasteiger partial charge in [-0.3, -0.25) is 0 Å². The summed E-state index contributed by atoms with van der Waals surface area (Å²) in [6, 6.07) is 44.2. The van der Waals surface area contributed by atoms with Crippen molar-refractivity contribution in [1.82, 2.24) is 0 Å². The quantitative estimate of drug-likeness (QED) is 0.104. The van der Waals surface area contributed by atoms with E-state index in [4.69, 9.17) is 21.8 Å². The molecule has 10 unspecified atom stereocenters. The van der Waals surface area contributed by atoms with Gasteiger partial charge in [-0.1, -0.05) is 383 Å². The SMILES string of the molecule is CC1=Cc2c(-c3ccc(C(C)(C)C)cc3)cc(C)cc2C1[Si](C)(C)C1C(C)=Cc2c(-c3cc(C(C)(C)C)cc(C(C)(C)C)c3)cc(C(C)(C)C)cc21.COC1=C(c2cc(C(C)(C)C)cc(C(C)(C)C)c2)C2CC(C)C([Si](C)(C)C3C(C)CC4C(c5ccc(C(C)(C)C)cc5)=CC(C(C)(C)C)=CC43)C2C=C1C(C)(C)C.[CH3-].[CH3-].[Cl][Zr+2][Cl]. The van der Waals surface area contributed by atoms with E-state index in [0.717, 1.165) is 11.3 Å². The summed E-state index contributed by atoms with van der Waals surface area (Å²) in [6.45, 7) is 87.3. The van der Waals surface area contributed by atoms with Gasteiger partial charge in [-0.2, -0.15) is 0 Å². The fourth-order valence-electron chi connectivity index (χ4n) is 21.5. The molecule has 0 N–H and O–H groups in total. The summed E-state index contributed by atoms with van der Waals surface area (Å²) < 4.78 is 6.63. The third kappa shape index (κ3) is 19.3. The van der Waals surface area contributed by atoms with Gasteiger partial charge in [0, 0.05) is 16.7 Å². The Hall–Kier alpha value is -4.54. The third-order valence-corrected chi connectivity index (χ3v) is 37.3. The van der Waals surface area contributed by atoms with E-state index in [1.807, 2.05) is 7.11 Å². The molecule has 6 aliphatic rings. The Bertz CT molecular complexity index is 4640. The monoisotopic (exact) mass is 1680 g/mol. The molecule has 618 valence electrons. The van der Waals surface area contributed by atoms with E-state index in [1.165, 1.54) is 130 Å². The molecule has 0 aromatic heterocycles. The fourth-order valence-corrected chi connectivity index (χ4v) is 32.8. The number of fused-ring (bicyclic) bond motifs is 4. The number of ether oxygens (including phenoxy) is 1. The van der Waals surface area contributed by atoms with Gasteiger partial charge in [-0.25, -0.2) is 0 Å². The number of aryl methyl sites for hydroxylation is 1. The van der Waals surface area contributed by atoms with E-state index in [2.05, 4.69) is 387 Å². The van der Waals surface area contributed by atoms with Gasteiger partial charge < -0.3 is 19.6 Å². The molecule has 0 heterocycles. The topological polar surface area (TPSA) is 9.23 Å². The number of allylic oxidation sites excluding steroid dienone is 9. The molecule has 0 bridgehead atoms. The number of hydrogen-bond donors (Lipinski definition) is 0. The van der Waals surface area contributed by atoms with Crippen LogP contribution in [-0.4, -0.2) is 23.3 Å². The van der Waals surface area contributed by atoms with Crippen molar-refractivity contribution in [3.63, 3.8) is 0 Å². The minimum atomic E-state index is -2.07. The molecule has 1 nitrogen and oxygen atoms in total. The van der Waals surface area contributed by atoms with Crippen molar-refractivity contribution in [2.24, 2.45) is 46.3 Å². The van der Waals surface area contributed by atoms with Crippen LogP contribution in [0.25, 0.3) is 45.6 Å². The molecular weight excluding hydrogens is 1530 g/mol. The molecule has 0 saturated heterocycles. The van der Waals surface area contributed by atoms with Gasteiger partial charge in [0.2, 0.25) is 0 Å². The van der Waals surface area contributed by atoms with Gasteiger partial charge in [0.05, 0.1) is 23.3 Å². The molecule has 0 radical (unpaired) electrons. The molecule has 6 heteroatoms. The maximum absolute atomic E-state index is 6.63. The summed E-state index contributed by atoms with van der Waals surface area (Å²) >= 11 is -0.826. The van der Waals surface area contributed by atoms with E-state index in [-0.39, 0.29) is 63.6 Å². The van der Waals surface area contributed by atoms with Gasteiger partial charge in [0.25, 0.3) is 0 Å². The van der Waals surface area contributed by atoms with Crippen LogP contribution in [0.15, 0.2) is 155 Å². The second-order valence-corrected chi connectivity index (χ2v) is 59.8.